The molecule has 8 nitrogen and oxygen atoms in total. The van der Waals surface area contributed by atoms with Gasteiger partial charge < -0.3 is 20.4 Å². The number of aliphatic hydroxyl groups is 1. The Kier molecular flexibility index (Phi) is 5.46. The van der Waals surface area contributed by atoms with Crippen molar-refractivity contribution in [3.63, 3.8) is 0 Å². The van der Waals surface area contributed by atoms with Crippen LogP contribution in [0, 0.1) is 18.0 Å². The summed E-state index contributed by atoms with van der Waals surface area (Å²) in [5.41, 5.74) is 1.82. The van der Waals surface area contributed by atoms with Gasteiger partial charge in [0.05, 0.1) is 30.0 Å². The highest BCUT2D eigenvalue weighted by atomic mass is 16.5. The van der Waals surface area contributed by atoms with Crippen molar-refractivity contribution in [1.82, 2.24) is 9.78 Å². The number of pyridine rings is 1. The molecule has 8 heteroatoms. The van der Waals surface area contributed by atoms with Crippen molar-refractivity contribution in [3.05, 3.63) is 53.1 Å². The van der Waals surface area contributed by atoms with Gasteiger partial charge in [0, 0.05) is 36.7 Å². The first-order valence-electron chi connectivity index (χ1n) is 11.3. The Morgan fingerprint density at radius 3 is 2.78 bits per heavy atom. The first-order chi connectivity index (χ1) is 15.5. The summed E-state index contributed by atoms with van der Waals surface area (Å²) in [7, 11) is 0. The lowest BCUT2D eigenvalue weighted by atomic mass is 9.93. The average Bonchev–Trinajstić information content (AvgIpc) is 3.52. The molecular weight excluding hydrogens is 408 g/mol. The predicted octanol–water partition coefficient (Wildman–Crippen LogP) is 3.50. The van der Waals surface area contributed by atoms with E-state index in [0.717, 1.165) is 49.4 Å². The van der Waals surface area contributed by atoms with E-state index in [4.69, 9.17) is 9.84 Å². The minimum atomic E-state index is -0.479. The third-order valence-corrected chi connectivity index (χ3v) is 6.45. The van der Waals surface area contributed by atoms with E-state index in [9.17, 15) is 15.1 Å². The second-order valence-corrected chi connectivity index (χ2v) is 9.03. The normalized spacial score (nSPS) is 20.9. The fourth-order valence-electron chi connectivity index (χ4n) is 4.25. The van der Waals surface area contributed by atoms with E-state index in [1.807, 2.05) is 23.0 Å². The summed E-state index contributed by atoms with van der Waals surface area (Å²) in [5, 5.41) is 30.6. The SMILES string of the molecule is Cc1cccc(C(=O)Nc2cc3cn([C@H]4CC[C@@H](O)CC4)nc3cc2OCC2CC2)[n+]1[O-]. The van der Waals surface area contributed by atoms with Crippen molar-refractivity contribution in [2.24, 2.45) is 5.92 Å². The van der Waals surface area contributed by atoms with Gasteiger partial charge in [-0.25, -0.2) is 0 Å². The van der Waals surface area contributed by atoms with Crippen LogP contribution in [-0.4, -0.2) is 33.5 Å². The Bertz CT molecular complexity index is 1150. The second kappa shape index (κ2) is 8.43. The highest BCUT2D eigenvalue weighted by Crippen LogP contribution is 2.35. The molecule has 0 atom stereocenters. The fourth-order valence-corrected chi connectivity index (χ4v) is 4.25. The van der Waals surface area contributed by atoms with Crippen LogP contribution in [0.4, 0.5) is 5.69 Å². The lowest BCUT2D eigenvalue weighted by Crippen LogP contribution is -2.39. The van der Waals surface area contributed by atoms with Gasteiger partial charge in [0.1, 0.15) is 5.75 Å². The van der Waals surface area contributed by atoms with Crippen LogP contribution in [0.3, 0.4) is 0 Å². The van der Waals surface area contributed by atoms with Crippen molar-refractivity contribution in [1.29, 1.82) is 0 Å². The Morgan fingerprint density at radius 1 is 1.25 bits per heavy atom. The summed E-state index contributed by atoms with van der Waals surface area (Å²) in [5.74, 6) is 0.640. The Morgan fingerprint density at radius 2 is 2.03 bits per heavy atom. The molecule has 1 amide bonds. The third kappa shape index (κ3) is 4.27. The minimum absolute atomic E-state index is 0.0368. The summed E-state index contributed by atoms with van der Waals surface area (Å²) >= 11 is 0. The maximum absolute atomic E-state index is 12.9. The Labute approximate surface area is 186 Å². The summed E-state index contributed by atoms with van der Waals surface area (Å²) in [6.07, 6.45) is 7.43. The van der Waals surface area contributed by atoms with Crippen molar-refractivity contribution in [2.45, 2.75) is 57.6 Å². The van der Waals surface area contributed by atoms with Crippen LogP contribution >= 0.6 is 0 Å². The van der Waals surface area contributed by atoms with E-state index in [0.29, 0.717) is 34.4 Å². The number of rotatable bonds is 6. The molecule has 5 rings (SSSR count). The highest BCUT2D eigenvalue weighted by Gasteiger charge is 2.25. The van der Waals surface area contributed by atoms with Gasteiger partial charge in [0.2, 0.25) is 0 Å². The fraction of sp³-hybridized carbons (Fsp3) is 0.458. The largest absolute Gasteiger partial charge is 0.618 e. The van der Waals surface area contributed by atoms with Gasteiger partial charge in [0.15, 0.2) is 5.69 Å². The molecule has 0 unspecified atom stereocenters. The number of benzene rings is 1. The first-order valence-corrected chi connectivity index (χ1v) is 11.3. The van der Waals surface area contributed by atoms with Crippen LogP contribution < -0.4 is 14.8 Å². The lowest BCUT2D eigenvalue weighted by molar-refractivity contribution is -0.614. The number of amides is 1. The van der Waals surface area contributed by atoms with Gasteiger partial charge in [-0.3, -0.25) is 9.48 Å². The summed E-state index contributed by atoms with van der Waals surface area (Å²) in [6, 6.07) is 8.85. The molecule has 2 fully saturated rings. The van der Waals surface area contributed by atoms with Gasteiger partial charge in [0.25, 0.3) is 5.69 Å². The highest BCUT2D eigenvalue weighted by molar-refractivity contribution is 6.04. The van der Waals surface area contributed by atoms with Crippen LogP contribution in [0.25, 0.3) is 10.9 Å². The molecule has 2 saturated carbocycles. The van der Waals surface area contributed by atoms with Crippen LogP contribution in [-0.2, 0) is 0 Å². The molecule has 3 aromatic rings. The zero-order chi connectivity index (χ0) is 22.2. The maximum atomic E-state index is 12.9. The first kappa shape index (κ1) is 20.8. The van der Waals surface area contributed by atoms with E-state index in [1.165, 1.54) is 6.07 Å². The maximum Gasteiger partial charge on any atom is 0.321 e. The number of hydrogen-bond donors (Lipinski definition) is 2. The summed E-state index contributed by atoms with van der Waals surface area (Å²) in [6.45, 7) is 2.26. The monoisotopic (exact) mass is 436 g/mol. The summed E-state index contributed by atoms with van der Waals surface area (Å²) in [4.78, 5) is 12.9. The van der Waals surface area contributed by atoms with Gasteiger partial charge >= 0.3 is 5.91 Å². The predicted molar refractivity (Wildman–Crippen MR) is 120 cm³/mol. The zero-order valence-corrected chi connectivity index (χ0v) is 18.2. The van der Waals surface area contributed by atoms with E-state index >= 15 is 0 Å². The number of nitrogens with zero attached hydrogens (tertiary/aromatic N) is 3. The number of aromatic nitrogens is 3. The molecule has 0 saturated heterocycles. The smallest absolute Gasteiger partial charge is 0.321 e. The lowest BCUT2D eigenvalue weighted by Gasteiger charge is -2.25. The molecule has 0 bridgehead atoms. The molecule has 2 aliphatic carbocycles. The Hall–Kier alpha value is -3.13. The number of aliphatic hydroxyl groups excluding tert-OH is 1. The molecule has 168 valence electrons. The van der Waals surface area contributed by atoms with Crippen molar-refractivity contribution >= 4 is 22.5 Å². The van der Waals surface area contributed by atoms with Crippen molar-refractivity contribution < 1.29 is 19.4 Å². The molecular formula is C24H28N4O4. The van der Waals surface area contributed by atoms with Gasteiger partial charge in [-0.05, 0) is 56.6 Å². The number of carbonyl (C=O) groups excluding carboxylic acids is 1. The molecule has 2 N–H and O–H groups in total. The van der Waals surface area contributed by atoms with E-state index in [-0.39, 0.29) is 17.8 Å². The molecule has 2 aromatic heterocycles. The number of fused-ring (bicyclic) bond motifs is 1. The number of hydrogen-bond acceptors (Lipinski definition) is 5. The van der Waals surface area contributed by atoms with Crippen LogP contribution in [0.15, 0.2) is 36.5 Å². The Balaban J connectivity index is 1.45. The molecule has 1 aromatic carbocycles. The molecule has 32 heavy (non-hydrogen) atoms. The molecule has 2 aliphatic rings. The third-order valence-electron chi connectivity index (χ3n) is 6.45. The van der Waals surface area contributed by atoms with E-state index in [1.54, 1.807) is 19.1 Å². The minimum Gasteiger partial charge on any atom is -0.618 e. The number of anilines is 1. The van der Waals surface area contributed by atoms with E-state index < -0.39 is 5.91 Å². The quantitative estimate of drug-likeness (QED) is 0.455. The van der Waals surface area contributed by atoms with Crippen LogP contribution in [0.5, 0.6) is 5.75 Å². The molecule has 2 heterocycles. The van der Waals surface area contributed by atoms with Gasteiger partial charge in [-0.15, -0.1) is 0 Å². The molecule has 0 aliphatic heterocycles. The second-order valence-electron chi connectivity index (χ2n) is 9.03. The number of nitrogens with one attached hydrogen (secondary N) is 1. The number of carbonyl (C=O) groups is 1. The van der Waals surface area contributed by atoms with E-state index in [2.05, 4.69) is 5.32 Å². The van der Waals surface area contributed by atoms with Crippen LogP contribution in [0.2, 0.25) is 0 Å². The van der Waals surface area contributed by atoms with Crippen LogP contribution in [0.1, 0.15) is 60.7 Å². The number of ether oxygens (including phenoxy) is 1. The standard InChI is InChI=1S/C24H28N4O4/c1-15-3-2-4-22(28(15)31)24(30)25-21-11-17-13-27(18-7-9-19(29)10-8-18)26-20(17)12-23(21)32-14-16-5-6-16/h2-4,11-13,16,18-19,29H,5-10,14H2,1H3,(H,25,30)/t18-,19+. The van der Waals surface area contributed by atoms with Crippen molar-refractivity contribution in [3.8, 4) is 5.75 Å². The van der Waals surface area contributed by atoms with Gasteiger partial charge in [-0.1, -0.05) is 0 Å². The topological polar surface area (TPSA) is 103 Å². The van der Waals surface area contributed by atoms with Gasteiger partial charge in [-0.2, -0.15) is 9.83 Å². The summed E-state index contributed by atoms with van der Waals surface area (Å²) < 4.78 is 8.65. The number of aryl methyl sites for hydroxylation is 1. The van der Waals surface area contributed by atoms with Crippen molar-refractivity contribution in [2.75, 3.05) is 11.9 Å². The molecule has 0 spiro atoms. The zero-order valence-electron chi connectivity index (χ0n) is 18.2. The molecule has 0 radical (unpaired) electrons. The average molecular weight is 437 g/mol.